The molecule has 17 nitrogen and oxygen atoms in total. The highest BCUT2D eigenvalue weighted by molar-refractivity contribution is 9.09. The number of Topliss-reactive ketones (excluding diaryl/α,β-unsaturated/α-hetero) is 4. The summed E-state index contributed by atoms with van der Waals surface area (Å²) in [5.41, 5.74) is 2.39. The molecule has 16 saturated carbocycles. The highest BCUT2D eigenvalue weighted by Gasteiger charge is 2.69. The number of rotatable bonds is 15. The average molecular weight is 2050 g/mol. The van der Waals surface area contributed by atoms with Gasteiger partial charge in [-0.15, -0.1) is 21.7 Å². The molecule has 16 fully saturated rings. The Hall–Kier alpha value is -7.55. The summed E-state index contributed by atoms with van der Waals surface area (Å²) < 4.78 is 45.7. The first-order chi connectivity index (χ1) is 67.7. The fourth-order valence-corrected chi connectivity index (χ4v) is 38.6. The summed E-state index contributed by atoms with van der Waals surface area (Å²) in [4.78, 5) is 54.9. The smallest absolute Gasteiger partial charge is 0.159 e. The number of aromatic nitrogens is 9. The number of carbonyl (C=O) groups excluding carboxylic acids is 4. The number of para-hydroxylation sites is 1. The molecule has 3 aromatic carbocycles. The first kappa shape index (κ1) is 112. The molecule has 22 rings (SSSR count). The molecule has 0 amide bonds. The lowest BCUT2D eigenvalue weighted by Crippen LogP contribution is -2.56. The number of benzene rings is 3. The van der Waals surface area contributed by atoms with E-state index in [-0.39, 0.29) is 121 Å². The van der Waals surface area contributed by atoms with E-state index in [0.717, 1.165) is 170 Å². The van der Waals surface area contributed by atoms with Gasteiger partial charge in [-0.05, 0) is 513 Å². The van der Waals surface area contributed by atoms with Crippen molar-refractivity contribution in [1.82, 2.24) is 45.0 Å². The minimum Gasteiger partial charge on any atom is -0.390 e. The van der Waals surface area contributed by atoms with E-state index < -0.39 is 34.0 Å². The van der Waals surface area contributed by atoms with Crippen LogP contribution in [0.5, 0.6) is 0 Å². The zero-order valence-electron chi connectivity index (χ0n) is 87.4. The molecule has 0 radical (unpaired) electrons. The van der Waals surface area contributed by atoms with Gasteiger partial charge in [0.05, 0.1) is 33.3 Å². The number of ketones is 4. The Morgan fingerprint density at radius 3 is 1.07 bits per heavy atom. The average Bonchev–Trinajstić information content (AvgIpc) is 1.66. The van der Waals surface area contributed by atoms with Crippen LogP contribution in [0.3, 0.4) is 0 Å². The van der Waals surface area contributed by atoms with Gasteiger partial charge in [0.15, 0.2) is 34.8 Å². The van der Waals surface area contributed by atoms with Crippen molar-refractivity contribution in [2.45, 2.75) is 411 Å². The third-order valence-electron chi connectivity index (χ3n) is 44.8. The molecule has 32 atom stereocenters. The molecule has 3 aromatic heterocycles. The Kier molecular flexibility index (Phi) is 33.3. The molecule has 0 saturated heterocycles. The Morgan fingerprint density at radius 1 is 0.372 bits per heavy atom. The second kappa shape index (κ2) is 43.3. The molecule has 0 unspecified atom stereocenters. The molecule has 0 bridgehead atoms. The van der Waals surface area contributed by atoms with E-state index in [1.807, 2.05) is 20.8 Å². The van der Waals surface area contributed by atoms with Crippen LogP contribution in [-0.2, 0) is 38.8 Å². The van der Waals surface area contributed by atoms with Crippen LogP contribution in [0.25, 0.3) is 33.1 Å². The van der Waals surface area contributed by atoms with Gasteiger partial charge in [-0.1, -0.05) is 128 Å². The number of fused-ring (bicyclic) bond motifs is 23. The van der Waals surface area contributed by atoms with Gasteiger partial charge in [-0.3, -0.25) is 19.2 Å². The van der Waals surface area contributed by atoms with Gasteiger partial charge in [0.1, 0.15) is 53.0 Å². The first-order valence-corrected chi connectivity index (χ1v) is 56.7. The molecule has 0 aliphatic heterocycles. The van der Waals surface area contributed by atoms with Crippen molar-refractivity contribution in [1.29, 1.82) is 0 Å². The van der Waals surface area contributed by atoms with Crippen LogP contribution in [0.15, 0.2) is 54.6 Å². The van der Waals surface area contributed by atoms with Crippen molar-refractivity contribution < 1.29 is 52.8 Å². The lowest BCUT2D eigenvalue weighted by atomic mass is 9.42. The quantitative estimate of drug-likeness (QED) is 0.0552. The number of hydrogen-bond acceptors (Lipinski definition) is 14. The Labute approximate surface area is 874 Å². The van der Waals surface area contributed by atoms with Crippen LogP contribution >= 0.6 is 15.9 Å². The number of halogens is 4. The van der Waals surface area contributed by atoms with Gasteiger partial charge >= 0.3 is 0 Å². The molecule has 0 spiro atoms. The molecule has 21 heteroatoms. The first-order valence-electron chi connectivity index (χ1n) is 55.6. The van der Waals surface area contributed by atoms with E-state index in [2.05, 4.69) is 162 Å². The molecular weight excluding hydrogens is 1880 g/mol. The van der Waals surface area contributed by atoms with Crippen molar-refractivity contribution in [3.63, 3.8) is 0 Å². The van der Waals surface area contributed by atoms with Gasteiger partial charge in [-0.25, -0.2) is 22.5 Å². The normalized spacial score (nSPS) is 41.0. The van der Waals surface area contributed by atoms with Crippen LogP contribution in [0.2, 0.25) is 0 Å². The topological polar surface area (TPSA) is 241 Å². The molecule has 790 valence electrons. The summed E-state index contributed by atoms with van der Waals surface area (Å²) in [5, 5.41) is 68.7. The van der Waals surface area contributed by atoms with Gasteiger partial charge in [0.25, 0.3) is 0 Å². The predicted octanol–water partition coefficient (Wildman–Crippen LogP) is 26.1. The third kappa shape index (κ3) is 20.1. The summed E-state index contributed by atoms with van der Waals surface area (Å²) in [7, 11) is 0. The van der Waals surface area contributed by atoms with Crippen LogP contribution < -0.4 is 0 Å². The minimum absolute atomic E-state index is 0. The molecule has 16 aliphatic rings. The SMILES string of the molecule is C.C.C.C#CC#CC#CC#CC#CC.CC[C@]12CC[C@@](C)(O)C[C@H]1CC[C@H]1[C@@H]3CC[C@H](C(=O)CBr)[C@@]3(C)CC[C@@H]12.CC[C@]12CC[C@@](C)(O)C[C@H]1CC[C@H]1[C@@H]3CC[C@H](C(=O)Cn4nc5cccc(F)c5n4)[C@@]3(C)CC[C@@H]12.CC[C@]12CC[C@@](C)(O)C[C@H]1CC[C@H]1[C@@H]3CC[C@H](C(=O)Cn4nnc5c(F)cccc54)[C@@]3(C)CC[C@@H]12.CC[C@]12CC[C@@](C)(O)C[C@H]1CC[C@H]1[C@@H]3CC[C@H](C(=O)Cn4nnc5cccc(F)c54)[C@@]3(C)CC[C@@H]12. The Morgan fingerprint density at radius 2 is 0.703 bits per heavy atom. The number of alkyl halides is 1. The van der Waals surface area contributed by atoms with Gasteiger partial charge in [0, 0.05) is 23.7 Å². The van der Waals surface area contributed by atoms with Gasteiger partial charge in [0.2, 0.25) is 0 Å². The molecule has 4 N–H and O–H groups in total. The van der Waals surface area contributed by atoms with E-state index in [1.54, 1.807) is 48.0 Å². The number of terminal acetylenes is 1. The standard InChI is InChI=1S/3C29H40FN3O2.C23H37BrO2.C11H4.3CH4/c1-4-29-15-14-27(2,35)16-18(29)8-9-19-20-10-11-22(28(20,3)13-12-21(19)29)25(34)17-33-24-7-5-6-23(30)26(24)31-32-33;1-4-29-15-14-27(2,35)16-18(29)8-9-19-20-10-11-22(28(20,3)13-12-21(19)29)25(34)17-33-26-23(30)6-5-7-24(26)31-32-33;1-4-29-15-14-27(2,35)16-18(29)8-9-19-20-10-11-22(28(20,3)13-12-21(19)29)25(34)17-33-31-24-7-5-6-23(30)26(24)32-33;1-4-23-12-11-21(2,26)13-15(23)5-6-16-17-7-8-19(20(25)14-24)22(17,3)10-9-18(16)23;1-3-5-7-9-11-10-8-6-4-2;;;/h3*5-7,18-22,35H,4,8-17H2,1-3H3;15-19,26H,4-14H2,1-3H3;1H,2H3;3*1H4/t3*18-,19+,20+,21+,22-,27-,28+,29+;15-,16+,17+,18+,19-,21-,22+,23+;;;;/m1111..../s1. The second-order valence-corrected chi connectivity index (χ2v) is 51.3. The van der Waals surface area contributed by atoms with Crippen molar-refractivity contribution in [3.8, 4) is 59.7 Å². The Balaban J connectivity index is 0.000000140. The monoisotopic (exact) mass is 2050 g/mol. The lowest BCUT2D eigenvalue weighted by Gasteiger charge is -2.63. The molecular formula is C124H173BrF3N9O8. The van der Waals surface area contributed by atoms with Crippen LogP contribution in [0, 0.1) is 239 Å². The summed E-state index contributed by atoms with van der Waals surface area (Å²) in [5.74, 6) is 33.4. The maximum atomic E-state index is 14.5. The summed E-state index contributed by atoms with van der Waals surface area (Å²) in [6, 6.07) is 14.4. The van der Waals surface area contributed by atoms with E-state index in [9.17, 15) is 52.8 Å². The number of aliphatic hydroxyl groups is 4. The minimum atomic E-state index is -0.505. The second-order valence-electron chi connectivity index (χ2n) is 50.8. The third-order valence-corrected chi connectivity index (χ3v) is 45.3. The molecule has 3 heterocycles. The fourth-order valence-electron chi connectivity index (χ4n) is 38.2. The largest absolute Gasteiger partial charge is 0.390 e. The number of carbonyl (C=O) groups is 4. The molecule has 6 aromatic rings. The fraction of sp³-hybridized carbons (Fsp3) is 0.742. The maximum Gasteiger partial charge on any atom is 0.159 e. The zero-order chi connectivity index (χ0) is 101. The Bertz CT molecular complexity index is 6000. The predicted molar refractivity (Wildman–Crippen MR) is 574 cm³/mol. The maximum absolute atomic E-state index is 14.5. The lowest BCUT2D eigenvalue weighted by molar-refractivity contribution is -0.158. The van der Waals surface area contributed by atoms with Crippen molar-refractivity contribution >= 4 is 72.2 Å². The highest BCUT2D eigenvalue weighted by Crippen LogP contribution is 2.75. The number of hydrogen-bond donors (Lipinski definition) is 4. The van der Waals surface area contributed by atoms with Crippen LogP contribution in [0.4, 0.5) is 13.2 Å². The molecule has 145 heavy (non-hydrogen) atoms. The zero-order valence-corrected chi connectivity index (χ0v) is 89.0. The number of nitrogens with zero attached hydrogens (tertiary/aromatic N) is 9. The summed E-state index contributed by atoms with van der Waals surface area (Å²) >= 11 is 3.44. The van der Waals surface area contributed by atoms with Gasteiger partial charge in [-0.2, -0.15) is 9.90 Å². The van der Waals surface area contributed by atoms with E-state index in [4.69, 9.17) is 6.42 Å². The highest BCUT2D eigenvalue weighted by atomic mass is 79.9. The van der Waals surface area contributed by atoms with Crippen molar-refractivity contribution in [2.24, 2.45) is 162 Å². The molecule has 16 aliphatic carbocycles. The van der Waals surface area contributed by atoms with Crippen LogP contribution in [-0.4, -0.2) is 116 Å². The van der Waals surface area contributed by atoms with Gasteiger partial charge < -0.3 is 20.4 Å². The van der Waals surface area contributed by atoms with E-state index in [1.165, 1.54) is 150 Å². The summed E-state index contributed by atoms with van der Waals surface area (Å²) in [6.07, 6.45) is 50.3. The van der Waals surface area contributed by atoms with Crippen LogP contribution in [0.1, 0.15) is 369 Å². The van der Waals surface area contributed by atoms with E-state index >= 15 is 0 Å². The van der Waals surface area contributed by atoms with Crippen molar-refractivity contribution in [2.75, 3.05) is 5.33 Å². The van der Waals surface area contributed by atoms with Crippen molar-refractivity contribution in [3.05, 3.63) is 72.0 Å². The van der Waals surface area contributed by atoms with E-state index in [0.29, 0.717) is 114 Å². The summed E-state index contributed by atoms with van der Waals surface area (Å²) in [6.45, 7) is 29.4.